The van der Waals surface area contributed by atoms with Gasteiger partial charge in [0, 0.05) is 18.1 Å². The maximum absolute atomic E-state index is 13.1. The van der Waals surface area contributed by atoms with Crippen LogP contribution in [0, 0.1) is 6.92 Å². The molecule has 0 saturated carbocycles. The van der Waals surface area contributed by atoms with Crippen LogP contribution in [-0.2, 0) is 5.41 Å². The highest BCUT2D eigenvalue weighted by Gasteiger charge is 2.18. The van der Waals surface area contributed by atoms with Gasteiger partial charge >= 0.3 is 0 Å². The number of rotatable bonds is 4. The summed E-state index contributed by atoms with van der Waals surface area (Å²) < 4.78 is 0.857. The monoisotopic (exact) mass is 443 g/mol. The summed E-state index contributed by atoms with van der Waals surface area (Å²) in [5, 5.41) is 6.90. The van der Waals surface area contributed by atoms with Crippen molar-refractivity contribution in [3.63, 3.8) is 0 Å². The average Bonchev–Trinajstić information content (AvgIpc) is 3.21. The third kappa shape index (κ3) is 4.55. The molecule has 162 valence electrons. The fourth-order valence-electron chi connectivity index (χ4n) is 3.37. The van der Waals surface area contributed by atoms with Gasteiger partial charge in [-0.2, -0.15) is 0 Å². The molecule has 2 aromatic heterocycles. The van der Waals surface area contributed by atoms with Crippen molar-refractivity contribution in [2.24, 2.45) is 0 Å². The third-order valence-electron chi connectivity index (χ3n) is 5.29. The van der Waals surface area contributed by atoms with Crippen LogP contribution in [0.1, 0.15) is 51.9 Å². The summed E-state index contributed by atoms with van der Waals surface area (Å²) in [6.45, 7) is 8.43. The molecule has 2 heterocycles. The summed E-state index contributed by atoms with van der Waals surface area (Å²) in [5.74, 6) is -0.399. The number of hydrogen-bond donors (Lipinski definition) is 2. The van der Waals surface area contributed by atoms with E-state index in [0.717, 1.165) is 26.9 Å². The molecular formula is C26H25N3O2S. The number of anilines is 2. The first kappa shape index (κ1) is 21.7. The molecule has 0 aliphatic rings. The number of amides is 2. The van der Waals surface area contributed by atoms with Crippen LogP contribution in [0.15, 0.2) is 67.0 Å². The largest absolute Gasteiger partial charge is 0.321 e. The first-order chi connectivity index (χ1) is 15.2. The first-order valence-corrected chi connectivity index (χ1v) is 11.2. The molecule has 0 radical (unpaired) electrons. The predicted molar refractivity (Wildman–Crippen MR) is 132 cm³/mol. The molecule has 4 rings (SSSR count). The number of aromatic nitrogens is 1. The number of nitrogens with zero attached hydrogens (tertiary/aromatic N) is 1. The second-order valence-corrected chi connectivity index (χ2v) is 9.82. The maximum atomic E-state index is 13.1. The minimum absolute atomic E-state index is 0.00777. The van der Waals surface area contributed by atoms with Crippen molar-refractivity contribution in [3.05, 3.63) is 88.6 Å². The zero-order chi connectivity index (χ0) is 22.9. The standard InChI is InChI=1S/C26H25N3O2S/c1-16-10-11-19(26(2,3)4)14-21(16)29-25(31)22-13-17-7-5-9-20(23(17)32-22)28-24(30)18-8-6-12-27-15-18/h5-15H,1-4H3,(H,28,30)(H,29,31). The molecule has 0 spiro atoms. The minimum Gasteiger partial charge on any atom is -0.321 e. The lowest BCUT2D eigenvalue weighted by Gasteiger charge is -2.21. The predicted octanol–water partition coefficient (Wildman–Crippen LogP) is 6.41. The lowest BCUT2D eigenvalue weighted by molar-refractivity contribution is 0.102. The Bertz CT molecular complexity index is 1300. The fraction of sp³-hybridized carbons (Fsp3) is 0.192. The second kappa shape index (κ2) is 8.55. The molecule has 32 heavy (non-hydrogen) atoms. The van der Waals surface area contributed by atoms with Crippen molar-refractivity contribution >= 4 is 44.6 Å². The Labute approximate surface area is 191 Å². The second-order valence-electron chi connectivity index (χ2n) is 8.76. The minimum atomic E-state index is -0.236. The van der Waals surface area contributed by atoms with Gasteiger partial charge in [-0.3, -0.25) is 14.6 Å². The normalized spacial score (nSPS) is 11.4. The Balaban J connectivity index is 1.60. The number of carbonyl (C=O) groups is 2. The summed E-state index contributed by atoms with van der Waals surface area (Å²) in [4.78, 5) is 30.2. The van der Waals surface area contributed by atoms with Crippen molar-refractivity contribution in [3.8, 4) is 0 Å². The SMILES string of the molecule is Cc1ccc(C(C)(C)C)cc1NC(=O)c1cc2cccc(NC(=O)c3cccnc3)c2s1. The van der Waals surface area contributed by atoms with Gasteiger partial charge in [0.05, 0.1) is 20.8 Å². The smallest absolute Gasteiger partial charge is 0.265 e. The molecule has 0 aliphatic carbocycles. The Hall–Kier alpha value is -3.51. The fourth-order valence-corrected chi connectivity index (χ4v) is 4.40. The lowest BCUT2D eigenvalue weighted by atomic mass is 9.86. The molecule has 0 fully saturated rings. The number of nitrogens with one attached hydrogen (secondary N) is 2. The molecule has 0 unspecified atom stereocenters. The van der Waals surface area contributed by atoms with E-state index in [1.165, 1.54) is 17.5 Å². The summed E-state index contributed by atoms with van der Waals surface area (Å²) in [6.07, 6.45) is 3.15. The first-order valence-electron chi connectivity index (χ1n) is 10.4. The summed E-state index contributed by atoms with van der Waals surface area (Å²) in [7, 11) is 0. The van der Waals surface area contributed by atoms with E-state index in [0.29, 0.717) is 16.1 Å². The van der Waals surface area contributed by atoms with Gasteiger partial charge in [0.2, 0.25) is 0 Å². The number of fused-ring (bicyclic) bond motifs is 1. The molecule has 2 aromatic carbocycles. The molecule has 0 atom stereocenters. The Morgan fingerprint density at radius 2 is 1.69 bits per heavy atom. The van der Waals surface area contributed by atoms with Gasteiger partial charge in [-0.1, -0.05) is 45.0 Å². The number of hydrogen-bond acceptors (Lipinski definition) is 4. The number of pyridine rings is 1. The van der Waals surface area contributed by atoms with Crippen LogP contribution in [0.25, 0.3) is 10.1 Å². The molecule has 2 amide bonds. The topological polar surface area (TPSA) is 71.1 Å². The van der Waals surface area contributed by atoms with Crippen LogP contribution in [0.4, 0.5) is 11.4 Å². The number of benzene rings is 2. The van der Waals surface area contributed by atoms with Crippen LogP contribution in [0.5, 0.6) is 0 Å². The van der Waals surface area contributed by atoms with Crippen molar-refractivity contribution in [2.45, 2.75) is 33.1 Å². The quantitative estimate of drug-likeness (QED) is 0.383. The average molecular weight is 444 g/mol. The van der Waals surface area contributed by atoms with E-state index >= 15 is 0 Å². The maximum Gasteiger partial charge on any atom is 0.265 e. The van der Waals surface area contributed by atoms with Gasteiger partial charge in [-0.15, -0.1) is 11.3 Å². The van der Waals surface area contributed by atoms with Gasteiger partial charge in [0.15, 0.2) is 0 Å². The van der Waals surface area contributed by atoms with Crippen LogP contribution in [0.2, 0.25) is 0 Å². The molecule has 0 saturated heterocycles. The van der Waals surface area contributed by atoms with E-state index in [2.05, 4.69) is 42.5 Å². The van der Waals surface area contributed by atoms with E-state index in [9.17, 15) is 9.59 Å². The third-order valence-corrected chi connectivity index (χ3v) is 6.47. The van der Waals surface area contributed by atoms with Crippen molar-refractivity contribution in [1.29, 1.82) is 0 Å². The van der Waals surface area contributed by atoms with E-state index in [-0.39, 0.29) is 17.2 Å². The molecule has 0 bridgehead atoms. The van der Waals surface area contributed by atoms with Crippen molar-refractivity contribution < 1.29 is 9.59 Å². The van der Waals surface area contributed by atoms with Crippen molar-refractivity contribution in [1.82, 2.24) is 4.98 Å². The molecule has 0 aliphatic heterocycles. The highest BCUT2D eigenvalue weighted by atomic mass is 32.1. The van der Waals surface area contributed by atoms with Crippen LogP contribution < -0.4 is 10.6 Å². The number of aryl methyl sites for hydroxylation is 1. The van der Waals surface area contributed by atoms with E-state index in [4.69, 9.17) is 0 Å². The van der Waals surface area contributed by atoms with E-state index in [1.807, 2.05) is 43.3 Å². The lowest BCUT2D eigenvalue weighted by Crippen LogP contribution is -2.15. The van der Waals surface area contributed by atoms with Crippen LogP contribution >= 0.6 is 11.3 Å². The van der Waals surface area contributed by atoms with Gasteiger partial charge in [0.25, 0.3) is 11.8 Å². The number of carbonyl (C=O) groups excluding carboxylic acids is 2. The Kier molecular flexibility index (Phi) is 5.80. The molecule has 5 nitrogen and oxygen atoms in total. The summed E-state index contributed by atoms with van der Waals surface area (Å²) >= 11 is 1.36. The van der Waals surface area contributed by atoms with E-state index in [1.54, 1.807) is 18.3 Å². The summed E-state index contributed by atoms with van der Waals surface area (Å²) in [5.41, 5.74) is 4.13. The Morgan fingerprint density at radius 3 is 2.41 bits per heavy atom. The van der Waals surface area contributed by atoms with Crippen LogP contribution in [0.3, 0.4) is 0 Å². The number of thiophene rings is 1. The zero-order valence-electron chi connectivity index (χ0n) is 18.5. The van der Waals surface area contributed by atoms with Gasteiger partial charge in [-0.25, -0.2) is 0 Å². The molecule has 2 N–H and O–H groups in total. The van der Waals surface area contributed by atoms with Crippen molar-refractivity contribution in [2.75, 3.05) is 10.6 Å². The highest BCUT2D eigenvalue weighted by Crippen LogP contribution is 2.33. The molecule has 6 heteroatoms. The highest BCUT2D eigenvalue weighted by molar-refractivity contribution is 7.21. The molecular weight excluding hydrogens is 418 g/mol. The zero-order valence-corrected chi connectivity index (χ0v) is 19.3. The summed E-state index contributed by atoms with van der Waals surface area (Å²) in [6, 6.07) is 17.1. The Morgan fingerprint density at radius 1 is 0.906 bits per heavy atom. The molecule has 4 aromatic rings. The van der Waals surface area contributed by atoms with E-state index < -0.39 is 0 Å². The van der Waals surface area contributed by atoms with Gasteiger partial charge in [-0.05, 0) is 59.2 Å². The van der Waals surface area contributed by atoms with Gasteiger partial charge in [0.1, 0.15) is 0 Å². The van der Waals surface area contributed by atoms with Crippen LogP contribution in [-0.4, -0.2) is 16.8 Å². The van der Waals surface area contributed by atoms with Gasteiger partial charge < -0.3 is 10.6 Å².